The van der Waals surface area contributed by atoms with E-state index in [1.165, 1.54) is 0 Å². The molecular weight excluding hydrogens is 182 g/mol. The maximum Gasteiger partial charge on any atom is 0.0925 e. The molecule has 0 amide bonds. The van der Waals surface area contributed by atoms with Crippen molar-refractivity contribution in [1.29, 1.82) is 0 Å². The summed E-state index contributed by atoms with van der Waals surface area (Å²) in [5, 5.41) is 4.04. The molecule has 2 N–H and O–H groups in total. The van der Waals surface area contributed by atoms with Gasteiger partial charge in [-0.3, -0.25) is 0 Å². The summed E-state index contributed by atoms with van der Waals surface area (Å²) in [5.41, 5.74) is 2.28. The summed E-state index contributed by atoms with van der Waals surface area (Å²) >= 11 is 1.88. The average Bonchev–Trinajstić information content (AvgIpc) is 2.52. The van der Waals surface area contributed by atoms with Gasteiger partial charge in [-0.1, -0.05) is 6.92 Å². The zero-order valence-electron chi connectivity index (χ0n) is 8.42. The van der Waals surface area contributed by atoms with Crippen LogP contribution in [0.25, 0.3) is 0 Å². The van der Waals surface area contributed by atoms with Crippen molar-refractivity contribution in [1.82, 2.24) is 15.3 Å². The van der Waals surface area contributed by atoms with E-state index in [4.69, 9.17) is 0 Å². The third kappa shape index (κ3) is 3.40. The van der Waals surface area contributed by atoms with E-state index in [0.29, 0.717) is 5.25 Å². The van der Waals surface area contributed by atoms with Crippen LogP contribution in [0.1, 0.15) is 18.3 Å². The number of hydrogen-bond donors (Lipinski definition) is 2. The highest BCUT2D eigenvalue weighted by atomic mass is 32.2. The molecule has 1 heterocycles. The van der Waals surface area contributed by atoms with Crippen LogP contribution in [0.3, 0.4) is 0 Å². The first kappa shape index (κ1) is 10.6. The molecule has 74 valence electrons. The van der Waals surface area contributed by atoms with Crippen LogP contribution >= 0.6 is 11.8 Å². The molecule has 0 radical (unpaired) electrons. The first-order valence-corrected chi connectivity index (χ1v) is 5.75. The summed E-state index contributed by atoms with van der Waals surface area (Å²) in [6.45, 7) is 6.16. The molecule has 0 aromatic carbocycles. The van der Waals surface area contributed by atoms with Gasteiger partial charge in [-0.2, -0.15) is 11.8 Å². The van der Waals surface area contributed by atoms with Crippen LogP contribution in [0.5, 0.6) is 0 Å². The fraction of sp³-hybridized carbons (Fsp3) is 0.667. The van der Waals surface area contributed by atoms with Crippen LogP contribution in [-0.4, -0.2) is 28.0 Å². The van der Waals surface area contributed by atoms with Gasteiger partial charge in [0.2, 0.25) is 0 Å². The molecule has 1 unspecified atom stereocenters. The maximum atomic E-state index is 4.21. The van der Waals surface area contributed by atoms with E-state index in [1.54, 1.807) is 6.33 Å². The van der Waals surface area contributed by atoms with Crippen molar-refractivity contribution in [2.24, 2.45) is 0 Å². The standard InChI is InChI=1S/C9H17N3S/c1-7(13-3)4-10-5-9-8(2)11-6-12-9/h6-7,10H,4-5H2,1-3H3,(H,11,12). The van der Waals surface area contributed by atoms with Crippen LogP contribution in [0.2, 0.25) is 0 Å². The van der Waals surface area contributed by atoms with Crippen molar-refractivity contribution in [3.63, 3.8) is 0 Å². The summed E-state index contributed by atoms with van der Waals surface area (Å²) in [6.07, 6.45) is 3.87. The molecule has 1 aromatic heterocycles. The molecule has 0 aliphatic rings. The first-order chi connectivity index (χ1) is 6.24. The lowest BCUT2D eigenvalue weighted by Crippen LogP contribution is -2.22. The lowest BCUT2D eigenvalue weighted by Gasteiger charge is -2.08. The minimum Gasteiger partial charge on any atom is -0.348 e. The lowest BCUT2D eigenvalue weighted by atomic mass is 10.3. The molecule has 0 aliphatic heterocycles. The Hall–Kier alpha value is -0.480. The van der Waals surface area contributed by atoms with Crippen LogP contribution < -0.4 is 5.32 Å². The molecule has 4 heteroatoms. The SMILES string of the molecule is CSC(C)CNCc1nc[nH]c1C. The average molecular weight is 199 g/mol. The molecule has 0 fully saturated rings. The highest BCUT2D eigenvalue weighted by Gasteiger charge is 2.01. The Bertz CT molecular complexity index is 247. The monoisotopic (exact) mass is 199 g/mol. The Kier molecular flexibility index (Phi) is 4.32. The summed E-state index contributed by atoms with van der Waals surface area (Å²) in [7, 11) is 0. The van der Waals surface area contributed by atoms with E-state index >= 15 is 0 Å². The Labute approximate surface area is 83.7 Å². The lowest BCUT2D eigenvalue weighted by molar-refractivity contribution is 0.672. The second-order valence-electron chi connectivity index (χ2n) is 3.15. The first-order valence-electron chi connectivity index (χ1n) is 4.46. The van der Waals surface area contributed by atoms with Crippen LogP contribution in [0.15, 0.2) is 6.33 Å². The molecule has 1 aromatic rings. The van der Waals surface area contributed by atoms with Gasteiger partial charge >= 0.3 is 0 Å². The second-order valence-corrected chi connectivity index (χ2v) is 4.43. The third-order valence-electron chi connectivity index (χ3n) is 2.06. The van der Waals surface area contributed by atoms with E-state index in [-0.39, 0.29) is 0 Å². The highest BCUT2D eigenvalue weighted by Crippen LogP contribution is 2.04. The van der Waals surface area contributed by atoms with Crippen LogP contribution in [0.4, 0.5) is 0 Å². The largest absolute Gasteiger partial charge is 0.348 e. The summed E-state index contributed by atoms with van der Waals surface area (Å²) in [4.78, 5) is 7.28. The van der Waals surface area contributed by atoms with Crippen molar-refractivity contribution in [2.45, 2.75) is 25.6 Å². The Morgan fingerprint density at radius 2 is 2.46 bits per heavy atom. The van der Waals surface area contributed by atoms with Crippen molar-refractivity contribution in [2.75, 3.05) is 12.8 Å². The van der Waals surface area contributed by atoms with Crippen molar-refractivity contribution < 1.29 is 0 Å². The zero-order chi connectivity index (χ0) is 9.68. The van der Waals surface area contributed by atoms with Gasteiger partial charge in [0.1, 0.15) is 0 Å². The van der Waals surface area contributed by atoms with Gasteiger partial charge in [0.15, 0.2) is 0 Å². The normalized spacial score (nSPS) is 13.2. The highest BCUT2D eigenvalue weighted by molar-refractivity contribution is 7.99. The van der Waals surface area contributed by atoms with Gasteiger partial charge in [0.05, 0.1) is 12.0 Å². The molecule has 3 nitrogen and oxygen atoms in total. The number of nitrogens with one attached hydrogen (secondary N) is 2. The van der Waals surface area contributed by atoms with Crippen LogP contribution in [-0.2, 0) is 6.54 Å². The maximum absolute atomic E-state index is 4.21. The predicted octanol–water partition coefficient (Wildman–Crippen LogP) is 1.56. The fourth-order valence-electron chi connectivity index (χ4n) is 1.04. The zero-order valence-corrected chi connectivity index (χ0v) is 9.24. The minimum atomic E-state index is 0.666. The van der Waals surface area contributed by atoms with Gasteiger partial charge < -0.3 is 10.3 Å². The predicted molar refractivity (Wildman–Crippen MR) is 58.0 cm³/mol. The number of nitrogens with zero attached hydrogens (tertiary/aromatic N) is 1. The topological polar surface area (TPSA) is 40.7 Å². The number of thioether (sulfide) groups is 1. The molecule has 0 bridgehead atoms. The molecule has 0 saturated heterocycles. The summed E-state index contributed by atoms with van der Waals surface area (Å²) < 4.78 is 0. The number of aromatic nitrogens is 2. The van der Waals surface area contributed by atoms with Crippen molar-refractivity contribution in [3.8, 4) is 0 Å². The minimum absolute atomic E-state index is 0.666. The molecule has 0 saturated carbocycles. The van der Waals surface area contributed by atoms with E-state index in [9.17, 15) is 0 Å². The van der Waals surface area contributed by atoms with Gasteiger partial charge in [-0.15, -0.1) is 0 Å². The Morgan fingerprint density at radius 3 is 3.00 bits per heavy atom. The van der Waals surface area contributed by atoms with Crippen molar-refractivity contribution >= 4 is 11.8 Å². The number of aromatic amines is 1. The summed E-state index contributed by atoms with van der Waals surface area (Å²) in [5.74, 6) is 0. The van der Waals surface area contributed by atoms with E-state index in [2.05, 4.69) is 28.5 Å². The van der Waals surface area contributed by atoms with Gasteiger partial charge in [0, 0.05) is 24.0 Å². The van der Waals surface area contributed by atoms with Gasteiger partial charge in [0.25, 0.3) is 0 Å². The fourth-order valence-corrected chi connectivity index (χ4v) is 1.33. The quantitative estimate of drug-likeness (QED) is 0.756. The van der Waals surface area contributed by atoms with Crippen LogP contribution in [0, 0.1) is 6.92 Å². The number of rotatable bonds is 5. The molecule has 0 spiro atoms. The van der Waals surface area contributed by atoms with E-state index in [0.717, 1.165) is 24.5 Å². The smallest absolute Gasteiger partial charge is 0.0925 e. The van der Waals surface area contributed by atoms with Crippen molar-refractivity contribution in [3.05, 3.63) is 17.7 Å². The second kappa shape index (κ2) is 5.29. The summed E-state index contributed by atoms with van der Waals surface area (Å²) in [6, 6.07) is 0. The number of aryl methyl sites for hydroxylation is 1. The third-order valence-corrected chi connectivity index (χ3v) is 3.03. The number of imidazole rings is 1. The van der Waals surface area contributed by atoms with Gasteiger partial charge in [-0.05, 0) is 13.2 Å². The number of H-pyrrole nitrogens is 1. The molecule has 1 atom stereocenters. The number of hydrogen-bond acceptors (Lipinski definition) is 3. The van der Waals surface area contributed by atoms with E-state index < -0.39 is 0 Å². The van der Waals surface area contributed by atoms with Gasteiger partial charge in [-0.25, -0.2) is 4.98 Å². The Morgan fingerprint density at radius 1 is 1.69 bits per heavy atom. The Balaban J connectivity index is 2.24. The molecule has 13 heavy (non-hydrogen) atoms. The molecular formula is C9H17N3S. The van der Waals surface area contributed by atoms with E-state index in [1.807, 2.05) is 18.7 Å². The molecule has 1 rings (SSSR count). The molecule has 0 aliphatic carbocycles.